The molecule has 144 valence electrons. The minimum absolute atomic E-state index is 0.0681. The van der Waals surface area contributed by atoms with Crippen LogP contribution in [0, 0.1) is 5.82 Å². The zero-order chi connectivity index (χ0) is 19.2. The fraction of sp³-hybridized carbons (Fsp3) is 0.500. The summed E-state index contributed by atoms with van der Waals surface area (Å²) in [6, 6.07) is 4.47. The standard InChI is InChI=1S/C16H22FN3O5S/c1-2-8-18-15(21)16(22)19-11-14-20(9-3-10-25-14)26(23,24)13-6-4-12(17)5-7-13/h4-7,14H,2-3,8-11H2,1H3,(H,18,21)(H,19,22)/t14-/m1/s1. The maximum absolute atomic E-state index is 13.0. The van der Waals surface area contributed by atoms with Gasteiger partial charge in [0, 0.05) is 13.1 Å². The van der Waals surface area contributed by atoms with E-state index in [9.17, 15) is 22.4 Å². The number of hydrogen-bond acceptors (Lipinski definition) is 5. The van der Waals surface area contributed by atoms with Gasteiger partial charge in [-0.3, -0.25) is 9.59 Å². The molecule has 0 bridgehead atoms. The van der Waals surface area contributed by atoms with E-state index in [2.05, 4.69) is 10.6 Å². The topological polar surface area (TPSA) is 105 Å². The number of nitrogens with one attached hydrogen (secondary N) is 2. The van der Waals surface area contributed by atoms with Crippen molar-refractivity contribution in [3.8, 4) is 0 Å². The first-order valence-electron chi connectivity index (χ1n) is 8.31. The van der Waals surface area contributed by atoms with Crippen LogP contribution in [0.15, 0.2) is 29.2 Å². The number of rotatable bonds is 6. The first-order valence-corrected chi connectivity index (χ1v) is 9.75. The molecule has 0 aliphatic carbocycles. The van der Waals surface area contributed by atoms with Gasteiger partial charge in [-0.2, -0.15) is 4.31 Å². The Morgan fingerprint density at radius 3 is 2.54 bits per heavy atom. The molecule has 10 heteroatoms. The lowest BCUT2D eigenvalue weighted by molar-refractivity contribution is -0.140. The summed E-state index contributed by atoms with van der Waals surface area (Å²) in [6.45, 7) is 2.59. The van der Waals surface area contributed by atoms with Crippen LogP contribution >= 0.6 is 0 Å². The first kappa shape index (κ1) is 20.3. The molecule has 0 spiro atoms. The van der Waals surface area contributed by atoms with Crippen LogP contribution < -0.4 is 10.6 Å². The molecule has 2 rings (SSSR count). The lowest BCUT2D eigenvalue weighted by atomic mass is 10.3. The third kappa shape index (κ3) is 4.99. The van der Waals surface area contributed by atoms with Gasteiger partial charge < -0.3 is 15.4 Å². The lowest BCUT2D eigenvalue weighted by Gasteiger charge is -2.34. The smallest absolute Gasteiger partial charge is 0.309 e. The molecule has 1 atom stereocenters. The SMILES string of the molecule is CCCNC(=O)C(=O)NC[C@H]1OCCCN1S(=O)(=O)c1ccc(F)cc1. The number of ether oxygens (including phenoxy) is 1. The van der Waals surface area contributed by atoms with E-state index in [0.717, 1.165) is 16.4 Å². The van der Waals surface area contributed by atoms with Crippen LogP contribution in [0.4, 0.5) is 4.39 Å². The van der Waals surface area contributed by atoms with Crippen LogP contribution in [0.2, 0.25) is 0 Å². The minimum Gasteiger partial charge on any atom is -0.360 e. The maximum Gasteiger partial charge on any atom is 0.309 e. The molecule has 1 aromatic carbocycles. The van der Waals surface area contributed by atoms with Gasteiger partial charge in [-0.05, 0) is 37.1 Å². The Kier molecular flexibility index (Phi) is 7.06. The van der Waals surface area contributed by atoms with Gasteiger partial charge in [0.2, 0.25) is 10.0 Å². The number of amides is 2. The molecular weight excluding hydrogens is 365 g/mol. The van der Waals surface area contributed by atoms with Crippen molar-refractivity contribution in [2.24, 2.45) is 0 Å². The Balaban J connectivity index is 2.06. The number of nitrogens with zero attached hydrogens (tertiary/aromatic N) is 1. The summed E-state index contributed by atoms with van der Waals surface area (Å²) in [4.78, 5) is 23.3. The molecule has 2 amide bonds. The second kappa shape index (κ2) is 9.06. The van der Waals surface area contributed by atoms with E-state index in [-0.39, 0.29) is 18.0 Å². The van der Waals surface area contributed by atoms with Gasteiger partial charge in [0.25, 0.3) is 0 Å². The number of halogens is 1. The van der Waals surface area contributed by atoms with Crippen molar-refractivity contribution in [1.29, 1.82) is 0 Å². The van der Waals surface area contributed by atoms with E-state index in [1.54, 1.807) is 0 Å². The van der Waals surface area contributed by atoms with Crippen LogP contribution in [0.1, 0.15) is 19.8 Å². The van der Waals surface area contributed by atoms with Gasteiger partial charge in [-0.25, -0.2) is 12.8 Å². The van der Waals surface area contributed by atoms with Crippen LogP contribution in [-0.2, 0) is 24.3 Å². The van der Waals surface area contributed by atoms with E-state index >= 15 is 0 Å². The third-order valence-corrected chi connectivity index (χ3v) is 5.66. The molecule has 1 aromatic rings. The zero-order valence-electron chi connectivity index (χ0n) is 14.4. The van der Waals surface area contributed by atoms with Gasteiger partial charge in [0.1, 0.15) is 12.0 Å². The molecule has 0 radical (unpaired) electrons. The fourth-order valence-corrected chi connectivity index (χ4v) is 3.99. The molecule has 1 aliphatic heterocycles. The Morgan fingerprint density at radius 1 is 1.23 bits per heavy atom. The van der Waals surface area contributed by atoms with Crippen molar-refractivity contribution in [2.75, 3.05) is 26.2 Å². The average Bonchev–Trinajstić information content (AvgIpc) is 2.64. The average molecular weight is 387 g/mol. The van der Waals surface area contributed by atoms with E-state index in [1.807, 2.05) is 6.92 Å². The molecule has 0 unspecified atom stereocenters. The van der Waals surface area contributed by atoms with Crippen molar-refractivity contribution in [2.45, 2.75) is 30.9 Å². The molecule has 1 heterocycles. The number of carbonyl (C=O) groups excluding carboxylic acids is 2. The van der Waals surface area contributed by atoms with Crippen LogP contribution in [0.25, 0.3) is 0 Å². The summed E-state index contributed by atoms with van der Waals surface area (Å²) in [7, 11) is -3.92. The molecule has 1 aliphatic rings. The summed E-state index contributed by atoms with van der Waals surface area (Å²) in [5, 5.41) is 4.81. The maximum atomic E-state index is 13.0. The van der Waals surface area contributed by atoms with Crippen LogP contribution in [0.3, 0.4) is 0 Å². The van der Waals surface area contributed by atoms with Crippen molar-refractivity contribution < 1.29 is 27.1 Å². The highest BCUT2D eigenvalue weighted by molar-refractivity contribution is 7.89. The molecule has 1 fully saturated rings. The molecular formula is C16H22FN3O5S. The zero-order valence-corrected chi connectivity index (χ0v) is 15.2. The molecule has 0 aromatic heterocycles. The highest BCUT2D eigenvalue weighted by atomic mass is 32.2. The molecule has 1 saturated heterocycles. The van der Waals surface area contributed by atoms with Crippen molar-refractivity contribution >= 4 is 21.8 Å². The quantitative estimate of drug-likeness (QED) is 0.679. The summed E-state index contributed by atoms with van der Waals surface area (Å²) in [5.74, 6) is -2.18. The van der Waals surface area contributed by atoms with E-state index in [1.165, 1.54) is 12.1 Å². The number of hydrogen-bond donors (Lipinski definition) is 2. The van der Waals surface area contributed by atoms with Crippen molar-refractivity contribution in [1.82, 2.24) is 14.9 Å². The summed E-state index contributed by atoms with van der Waals surface area (Å²) < 4.78 is 45.1. The predicted octanol–water partition coefficient (Wildman–Crippen LogP) is 0.205. The van der Waals surface area contributed by atoms with E-state index in [0.29, 0.717) is 26.0 Å². The highest BCUT2D eigenvalue weighted by Crippen LogP contribution is 2.22. The Morgan fingerprint density at radius 2 is 1.88 bits per heavy atom. The largest absolute Gasteiger partial charge is 0.360 e. The summed E-state index contributed by atoms with van der Waals surface area (Å²) in [6.07, 6.45) is 0.234. The van der Waals surface area contributed by atoms with Gasteiger partial charge >= 0.3 is 11.8 Å². The second-order valence-corrected chi connectivity index (χ2v) is 7.61. The lowest BCUT2D eigenvalue weighted by Crippen LogP contribution is -2.53. The highest BCUT2D eigenvalue weighted by Gasteiger charge is 2.34. The molecule has 26 heavy (non-hydrogen) atoms. The Labute approximate surface area is 151 Å². The second-order valence-electron chi connectivity index (χ2n) is 5.71. The number of benzene rings is 1. The number of sulfonamides is 1. The molecule has 8 nitrogen and oxygen atoms in total. The Bertz CT molecular complexity index is 739. The summed E-state index contributed by atoms with van der Waals surface area (Å²) in [5.41, 5.74) is 0. The van der Waals surface area contributed by atoms with Crippen molar-refractivity contribution in [3.05, 3.63) is 30.1 Å². The van der Waals surface area contributed by atoms with Gasteiger partial charge in [-0.15, -0.1) is 0 Å². The van der Waals surface area contributed by atoms with Crippen LogP contribution in [-0.4, -0.2) is 57.0 Å². The molecule has 2 N–H and O–H groups in total. The monoisotopic (exact) mass is 387 g/mol. The molecule has 0 saturated carbocycles. The van der Waals surface area contributed by atoms with E-state index in [4.69, 9.17) is 4.74 Å². The summed E-state index contributed by atoms with van der Waals surface area (Å²) >= 11 is 0. The fourth-order valence-electron chi connectivity index (χ4n) is 2.42. The first-order chi connectivity index (χ1) is 12.4. The van der Waals surface area contributed by atoms with Gasteiger partial charge in [0.15, 0.2) is 0 Å². The Hall–Kier alpha value is -2.04. The third-order valence-electron chi connectivity index (χ3n) is 3.75. The van der Waals surface area contributed by atoms with Gasteiger partial charge in [0.05, 0.1) is 18.0 Å². The van der Waals surface area contributed by atoms with Crippen molar-refractivity contribution in [3.63, 3.8) is 0 Å². The number of carbonyl (C=O) groups is 2. The van der Waals surface area contributed by atoms with E-state index < -0.39 is 33.9 Å². The minimum atomic E-state index is -3.92. The normalized spacial score (nSPS) is 18.3. The van der Waals surface area contributed by atoms with Gasteiger partial charge in [-0.1, -0.05) is 6.92 Å². The van der Waals surface area contributed by atoms with Crippen LogP contribution in [0.5, 0.6) is 0 Å². The predicted molar refractivity (Wildman–Crippen MR) is 91.0 cm³/mol.